The number of piperazine rings is 1. The van der Waals surface area contributed by atoms with Crippen LogP contribution < -0.4 is 11.1 Å². The number of carboxylic acids is 1. The van der Waals surface area contributed by atoms with Crippen molar-refractivity contribution in [1.82, 2.24) is 9.80 Å². The van der Waals surface area contributed by atoms with Crippen molar-refractivity contribution >= 4 is 23.4 Å². The molecule has 2 amide bonds. The lowest BCUT2D eigenvalue weighted by molar-refractivity contribution is -0.138. The third kappa shape index (κ3) is 3.61. The number of carbonyl (C=O) groups is 2. The predicted octanol–water partition coefficient (Wildman–Crippen LogP) is 0.503. The lowest BCUT2D eigenvalue weighted by Crippen LogP contribution is -2.51. The van der Waals surface area contributed by atoms with Crippen molar-refractivity contribution in [2.75, 3.05) is 43.8 Å². The Morgan fingerprint density at radius 2 is 1.85 bits per heavy atom. The van der Waals surface area contributed by atoms with Crippen molar-refractivity contribution in [3.8, 4) is 0 Å². The molecule has 0 saturated carbocycles. The average molecular weight is 278 g/mol. The van der Waals surface area contributed by atoms with Gasteiger partial charge in [-0.15, -0.1) is 0 Å². The van der Waals surface area contributed by atoms with Crippen LogP contribution in [-0.4, -0.2) is 59.6 Å². The van der Waals surface area contributed by atoms with Crippen LogP contribution in [0.2, 0.25) is 0 Å². The first-order chi connectivity index (χ1) is 9.56. The Balaban J connectivity index is 1.86. The Bertz CT molecular complexity index is 498. The number of hydrogen-bond acceptors (Lipinski definition) is 4. The van der Waals surface area contributed by atoms with Crippen molar-refractivity contribution in [2.45, 2.75) is 0 Å². The Kier molecular flexibility index (Phi) is 4.41. The van der Waals surface area contributed by atoms with Gasteiger partial charge in [-0.2, -0.15) is 0 Å². The van der Waals surface area contributed by atoms with E-state index in [1.807, 2.05) is 4.90 Å². The van der Waals surface area contributed by atoms with Gasteiger partial charge < -0.3 is 21.1 Å². The second-order valence-corrected chi connectivity index (χ2v) is 4.67. The molecule has 0 radical (unpaired) electrons. The fourth-order valence-corrected chi connectivity index (χ4v) is 2.11. The van der Waals surface area contributed by atoms with Gasteiger partial charge in [-0.1, -0.05) is 12.1 Å². The van der Waals surface area contributed by atoms with Gasteiger partial charge in [0.1, 0.15) is 0 Å². The first-order valence-electron chi connectivity index (χ1n) is 6.41. The number of aliphatic carboxylic acids is 1. The van der Waals surface area contributed by atoms with E-state index >= 15 is 0 Å². The van der Waals surface area contributed by atoms with Gasteiger partial charge in [-0.3, -0.25) is 9.69 Å². The molecule has 1 aromatic rings. The van der Waals surface area contributed by atoms with Crippen LogP contribution in [0.25, 0.3) is 0 Å². The van der Waals surface area contributed by atoms with Gasteiger partial charge in [0.15, 0.2) is 0 Å². The topological polar surface area (TPSA) is 98.9 Å². The van der Waals surface area contributed by atoms with Gasteiger partial charge in [-0.05, 0) is 12.1 Å². The molecule has 20 heavy (non-hydrogen) atoms. The lowest BCUT2D eigenvalue weighted by atomic mass is 10.2. The number of nitrogens with two attached hydrogens (primary N) is 1. The van der Waals surface area contributed by atoms with E-state index in [4.69, 9.17) is 10.8 Å². The summed E-state index contributed by atoms with van der Waals surface area (Å²) in [6.45, 7) is 2.15. The minimum atomic E-state index is -0.847. The van der Waals surface area contributed by atoms with Crippen molar-refractivity contribution in [3.05, 3.63) is 24.3 Å². The zero-order valence-corrected chi connectivity index (χ0v) is 11.1. The van der Waals surface area contributed by atoms with Crippen LogP contribution in [-0.2, 0) is 4.79 Å². The molecule has 0 atom stereocenters. The third-order valence-electron chi connectivity index (χ3n) is 3.22. The van der Waals surface area contributed by atoms with Crippen LogP contribution in [0.3, 0.4) is 0 Å². The molecule has 0 unspecified atom stereocenters. The molecule has 0 spiro atoms. The zero-order valence-electron chi connectivity index (χ0n) is 11.1. The molecular formula is C13H18N4O3. The summed E-state index contributed by atoms with van der Waals surface area (Å²) >= 11 is 0. The third-order valence-corrected chi connectivity index (χ3v) is 3.22. The molecule has 1 aliphatic rings. The number of benzene rings is 1. The monoisotopic (exact) mass is 278 g/mol. The van der Waals surface area contributed by atoms with Crippen molar-refractivity contribution < 1.29 is 14.7 Å². The van der Waals surface area contributed by atoms with E-state index in [-0.39, 0.29) is 12.6 Å². The van der Waals surface area contributed by atoms with E-state index < -0.39 is 5.97 Å². The fourth-order valence-electron chi connectivity index (χ4n) is 2.11. The molecule has 7 nitrogen and oxygen atoms in total. The smallest absolute Gasteiger partial charge is 0.321 e. The number of hydrogen-bond donors (Lipinski definition) is 3. The van der Waals surface area contributed by atoms with Gasteiger partial charge in [0.25, 0.3) is 0 Å². The van der Waals surface area contributed by atoms with Gasteiger partial charge in [0.05, 0.1) is 17.9 Å². The fraction of sp³-hybridized carbons (Fsp3) is 0.385. The summed E-state index contributed by atoms with van der Waals surface area (Å²) in [7, 11) is 0. The highest BCUT2D eigenvalue weighted by atomic mass is 16.4. The maximum Gasteiger partial charge on any atom is 0.321 e. The number of nitrogens with one attached hydrogen (secondary N) is 1. The number of para-hydroxylation sites is 2. The summed E-state index contributed by atoms with van der Waals surface area (Å²) in [4.78, 5) is 26.2. The maximum atomic E-state index is 12.1. The average Bonchev–Trinajstić information content (AvgIpc) is 2.41. The van der Waals surface area contributed by atoms with Crippen LogP contribution >= 0.6 is 0 Å². The van der Waals surface area contributed by atoms with Gasteiger partial charge in [0, 0.05) is 26.2 Å². The summed E-state index contributed by atoms with van der Waals surface area (Å²) in [6, 6.07) is 6.86. The normalized spacial score (nSPS) is 15.9. The molecule has 2 rings (SSSR count). The standard InChI is InChI=1S/C13H18N4O3/c14-10-3-1-2-4-11(10)15-13(20)17-7-5-16(6-8-17)9-12(18)19/h1-4H,5-9,14H2,(H,15,20)(H,18,19). The highest BCUT2D eigenvalue weighted by Gasteiger charge is 2.22. The largest absolute Gasteiger partial charge is 0.480 e. The van der Waals surface area contributed by atoms with E-state index in [2.05, 4.69) is 5.32 Å². The Labute approximate surface area is 117 Å². The van der Waals surface area contributed by atoms with Crippen LogP contribution in [0.1, 0.15) is 0 Å². The number of carbonyl (C=O) groups excluding carboxylic acids is 1. The van der Waals surface area contributed by atoms with E-state index in [9.17, 15) is 9.59 Å². The maximum absolute atomic E-state index is 12.1. The van der Waals surface area contributed by atoms with E-state index in [0.717, 1.165) is 0 Å². The zero-order chi connectivity index (χ0) is 14.5. The van der Waals surface area contributed by atoms with E-state index in [1.54, 1.807) is 29.2 Å². The van der Waals surface area contributed by atoms with Crippen molar-refractivity contribution in [3.63, 3.8) is 0 Å². The number of anilines is 2. The van der Waals surface area contributed by atoms with E-state index in [0.29, 0.717) is 37.6 Å². The SMILES string of the molecule is Nc1ccccc1NC(=O)N1CCN(CC(=O)O)CC1. The second kappa shape index (κ2) is 6.25. The Morgan fingerprint density at radius 1 is 1.20 bits per heavy atom. The number of nitrogens with zero attached hydrogens (tertiary/aromatic N) is 2. The number of amides is 2. The van der Waals surface area contributed by atoms with Crippen LogP contribution in [0.5, 0.6) is 0 Å². The first kappa shape index (κ1) is 14.1. The molecule has 1 fully saturated rings. The highest BCUT2D eigenvalue weighted by molar-refractivity contribution is 5.92. The number of urea groups is 1. The predicted molar refractivity (Wildman–Crippen MR) is 75.5 cm³/mol. The lowest BCUT2D eigenvalue weighted by Gasteiger charge is -2.33. The molecule has 0 aromatic heterocycles. The molecule has 108 valence electrons. The summed E-state index contributed by atoms with van der Waals surface area (Å²) in [5, 5.41) is 11.5. The Morgan fingerprint density at radius 3 is 2.45 bits per heavy atom. The molecule has 1 aliphatic heterocycles. The summed E-state index contributed by atoms with van der Waals surface area (Å²) < 4.78 is 0. The Hall–Kier alpha value is -2.28. The molecule has 4 N–H and O–H groups in total. The number of nitrogen functional groups attached to an aromatic ring is 1. The van der Waals surface area contributed by atoms with Crippen LogP contribution in [0, 0.1) is 0 Å². The second-order valence-electron chi connectivity index (χ2n) is 4.67. The molecule has 1 aromatic carbocycles. The minimum Gasteiger partial charge on any atom is -0.480 e. The molecular weight excluding hydrogens is 260 g/mol. The number of rotatable bonds is 3. The van der Waals surface area contributed by atoms with Gasteiger partial charge in [-0.25, -0.2) is 4.79 Å². The summed E-state index contributed by atoms with van der Waals surface area (Å²) in [5.74, 6) is -0.847. The highest BCUT2D eigenvalue weighted by Crippen LogP contribution is 2.17. The van der Waals surface area contributed by atoms with Crippen LogP contribution in [0.4, 0.5) is 16.2 Å². The molecule has 0 aliphatic carbocycles. The number of carboxylic acid groups (broad SMARTS) is 1. The summed E-state index contributed by atoms with van der Waals surface area (Å²) in [5.41, 5.74) is 6.88. The molecule has 1 heterocycles. The molecule has 0 bridgehead atoms. The molecule has 7 heteroatoms. The first-order valence-corrected chi connectivity index (χ1v) is 6.41. The van der Waals surface area contributed by atoms with Crippen LogP contribution in [0.15, 0.2) is 24.3 Å². The molecule has 1 saturated heterocycles. The van der Waals surface area contributed by atoms with Crippen molar-refractivity contribution in [2.24, 2.45) is 0 Å². The minimum absolute atomic E-state index is 0.0150. The van der Waals surface area contributed by atoms with Crippen molar-refractivity contribution in [1.29, 1.82) is 0 Å². The van der Waals surface area contributed by atoms with E-state index in [1.165, 1.54) is 0 Å². The van der Waals surface area contributed by atoms with Gasteiger partial charge >= 0.3 is 12.0 Å². The quantitative estimate of drug-likeness (QED) is 0.699. The van der Waals surface area contributed by atoms with Gasteiger partial charge in [0.2, 0.25) is 0 Å². The summed E-state index contributed by atoms with van der Waals surface area (Å²) in [6.07, 6.45) is 0.